The smallest absolute Gasteiger partial charge is 0.328 e. The lowest BCUT2D eigenvalue weighted by Gasteiger charge is -2.09. The predicted molar refractivity (Wildman–Crippen MR) is 82.3 cm³/mol. The van der Waals surface area contributed by atoms with Gasteiger partial charge in [0.2, 0.25) is 5.82 Å². The maximum absolute atomic E-state index is 12.3. The molecule has 1 aliphatic rings. The van der Waals surface area contributed by atoms with Crippen molar-refractivity contribution in [1.82, 2.24) is 20.1 Å². The fourth-order valence-electron chi connectivity index (χ4n) is 2.28. The van der Waals surface area contributed by atoms with E-state index in [0.29, 0.717) is 5.92 Å². The van der Waals surface area contributed by atoms with Crippen molar-refractivity contribution in [3.05, 3.63) is 42.0 Å². The summed E-state index contributed by atoms with van der Waals surface area (Å²) in [7, 11) is 1.28. The van der Waals surface area contributed by atoms with Crippen LogP contribution in [0.2, 0.25) is 0 Å². The van der Waals surface area contributed by atoms with Gasteiger partial charge in [-0.3, -0.25) is 4.79 Å². The first-order valence-corrected chi connectivity index (χ1v) is 7.51. The van der Waals surface area contributed by atoms with Crippen LogP contribution in [0.3, 0.4) is 0 Å². The molecule has 1 fully saturated rings. The molecule has 0 unspecified atom stereocenters. The Morgan fingerprint density at radius 1 is 1.30 bits per heavy atom. The van der Waals surface area contributed by atoms with Crippen LogP contribution in [-0.2, 0) is 9.53 Å². The molecule has 1 saturated carbocycles. The minimum atomic E-state index is -0.749. The molecule has 1 N–H and O–H groups in total. The van der Waals surface area contributed by atoms with Crippen molar-refractivity contribution >= 4 is 11.9 Å². The summed E-state index contributed by atoms with van der Waals surface area (Å²) in [5.41, 5.74) is 0.863. The third-order valence-corrected chi connectivity index (χ3v) is 3.68. The van der Waals surface area contributed by atoms with Crippen LogP contribution in [0.15, 0.2) is 30.3 Å². The first-order chi connectivity index (χ1) is 11.1. The van der Waals surface area contributed by atoms with Gasteiger partial charge in [0.15, 0.2) is 0 Å². The number of amides is 1. The fourth-order valence-corrected chi connectivity index (χ4v) is 2.28. The minimum Gasteiger partial charge on any atom is -0.467 e. The lowest BCUT2D eigenvalue weighted by Crippen LogP contribution is -2.39. The lowest BCUT2D eigenvalue weighted by molar-refractivity contribution is -0.142. The Labute approximate surface area is 133 Å². The van der Waals surface area contributed by atoms with Crippen LogP contribution in [0.4, 0.5) is 0 Å². The Morgan fingerprint density at radius 2 is 2.00 bits per heavy atom. The number of carbonyl (C=O) groups excluding carboxylic acids is 2. The molecule has 1 heterocycles. The van der Waals surface area contributed by atoms with E-state index in [9.17, 15) is 9.59 Å². The third-order valence-electron chi connectivity index (χ3n) is 3.68. The monoisotopic (exact) mass is 314 g/mol. The largest absolute Gasteiger partial charge is 0.467 e. The summed E-state index contributed by atoms with van der Waals surface area (Å²) in [5, 5.41) is 6.87. The molecule has 7 heteroatoms. The van der Waals surface area contributed by atoms with E-state index in [1.807, 2.05) is 30.3 Å². The molecule has 0 radical (unpaired) electrons. The number of benzene rings is 1. The molecule has 0 spiro atoms. The fraction of sp³-hybridized carbons (Fsp3) is 0.375. The molecule has 120 valence electrons. The van der Waals surface area contributed by atoms with Crippen molar-refractivity contribution in [2.24, 2.45) is 0 Å². The van der Waals surface area contributed by atoms with Gasteiger partial charge in [-0.05, 0) is 31.9 Å². The average Bonchev–Trinajstić information content (AvgIpc) is 3.32. The van der Waals surface area contributed by atoms with Gasteiger partial charge in [0, 0.05) is 5.92 Å². The maximum Gasteiger partial charge on any atom is 0.328 e. The van der Waals surface area contributed by atoms with Crippen molar-refractivity contribution in [1.29, 1.82) is 0 Å². The van der Waals surface area contributed by atoms with Crippen LogP contribution in [0, 0.1) is 0 Å². The van der Waals surface area contributed by atoms with Crippen LogP contribution < -0.4 is 5.32 Å². The molecule has 1 amide bonds. The average molecular weight is 314 g/mol. The highest BCUT2D eigenvalue weighted by Gasteiger charge is 2.32. The van der Waals surface area contributed by atoms with Crippen molar-refractivity contribution < 1.29 is 14.3 Å². The van der Waals surface area contributed by atoms with Crippen LogP contribution in [0.1, 0.15) is 42.1 Å². The first kappa shape index (κ1) is 15.2. The van der Waals surface area contributed by atoms with E-state index in [2.05, 4.69) is 20.1 Å². The van der Waals surface area contributed by atoms with E-state index in [1.165, 1.54) is 7.11 Å². The number of para-hydroxylation sites is 1. The van der Waals surface area contributed by atoms with E-state index in [-0.39, 0.29) is 5.82 Å². The second-order valence-electron chi connectivity index (χ2n) is 5.53. The van der Waals surface area contributed by atoms with E-state index in [1.54, 1.807) is 11.6 Å². The number of nitrogens with one attached hydrogen (secondary N) is 1. The molecule has 7 nitrogen and oxygen atoms in total. The number of ether oxygens (including phenoxy) is 1. The van der Waals surface area contributed by atoms with Gasteiger partial charge in [-0.1, -0.05) is 18.2 Å². The second-order valence-corrected chi connectivity index (χ2v) is 5.53. The van der Waals surface area contributed by atoms with Crippen molar-refractivity contribution in [3.8, 4) is 5.69 Å². The summed E-state index contributed by atoms with van der Waals surface area (Å²) in [6.07, 6.45) is 2.09. The highest BCUT2D eigenvalue weighted by molar-refractivity contribution is 5.93. The lowest BCUT2D eigenvalue weighted by atomic mass is 10.3. The number of nitrogens with zero attached hydrogens (tertiary/aromatic N) is 3. The van der Waals surface area contributed by atoms with Crippen LogP contribution in [0.25, 0.3) is 5.69 Å². The van der Waals surface area contributed by atoms with Gasteiger partial charge in [0.1, 0.15) is 11.9 Å². The van der Waals surface area contributed by atoms with Gasteiger partial charge in [-0.15, -0.1) is 5.10 Å². The number of hydrogen-bond donors (Lipinski definition) is 1. The summed E-state index contributed by atoms with van der Waals surface area (Å²) >= 11 is 0. The van der Waals surface area contributed by atoms with Crippen molar-refractivity contribution in [2.45, 2.75) is 31.7 Å². The number of methoxy groups -OCH3 is 1. The van der Waals surface area contributed by atoms with E-state index < -0.39 is 17.9 Å². The van der Waals surface area contributed by atoms with Gasteiger partial charge < -0.3 is 10.1 Å². The molecule has 0 bridgehead atoms. The molecular weight excluding hydrogens is 296 g/mol. The number of hydrogen-bond acceptors (Lipinski definition) is 5. The Hall–Kier alpha value is -2.70. The molecular formula is C16H18N4O3. The number of esters is 1. The Morgan fingerprint density at radius 3 is 2.61 bits per heavy atom. The molecule has 3 rings (SSSR count). The van der Waals surface area contributed by atoms with Crippen molar-refractivity contribution in [3.63, 3.8) is 0 Å². The number of carbonyl (C=O) groups is 2. The second kappa shape index (κ2) is 6.20. The SMILES string of the molecule is COC(=O)[C@@H](C)NC(=O)c1nc(C2CC2)n(-c2ccccc2)n1. The zero-order chi connectivity index (χ0) is 16.4. The van der Waals surface area contributed by atoms with Crippen molar-refractivity contribution in [2.75, 3.05) is 7.11 Å². The highest BCUT2D eigenvalue weighted by atomic mass is 16.5. The molecule has 0 aliphatic heterocycles. The normalized spacial score (nSPS) is 15.0. The molecule has 1 aliphatic carbocycles. The Bertz CT molecular complexity index is 722. The van der Waals surface area contributed by atoms with Gasteiger partial charge in [-0.2, -0.15) is 0 Å². The Kier molecular flexibility index (Phi) is 4.10. The topological polar surface area (TPSA) is 86.1 Å². The predicted octanol–water partition coefficient (Wildman–Crippen LogP) is 1.44. The highest BCUT2D eigenvalue weighted by Crippen LogP contribution is 2.39. The zero-order valence-electron chi connectivity index (χ0n) is 13.0. The summed E-state index contributed by atoms with van der Waals surface area (Å²) in [5.74, 6) is 0.184. The Balaban J connectivity index is 1.86. The summed E-state index contributed by atoms with van der Waals surface area (Å²) in [6.45, 7) is 1.56. The van der Waals surface area contributed by atoms with E-state index in [4.69, 9.17) is 0 Å². The summed E-state index contributed by atoms with van der Waals surface area (Å²) in [6, 6.07) is 8.82. The van der Waals surface area contributed by atoms with E-state index in [0.717, 1.165) is 24.4 Å². The molecule has 2 aromatic rings. The molecule has 1 aromatic carbocycles. The number of rotatable bonds is 5. The summed E-state index contributed by atoms with van der Waals surface area (Å²) < 4.78 is 6.30. The van der Waals surface area contributed by atoms with Gasteiger partial charge in [-0.25, -0.2) is 14.5 Å². The van der Waals surface area contributed by atoms with Crippen LogP contribution in [0.5, 0.6) is 0 Å². The standard InChI is InChI=1S/C16H18N4O3/c1-10(16(22)23-2)17-15(21)13-18-14(11-8-9-11)20(19-13)12-6-4-3-5-7-12/h3-7,10-11H,8-9H2,1-2H3,(H,17,21)/t10-/m1/s1. The molecule has 1 aromatic heterocycles. The van der Waals surface area contributed by atoms with Crippen LogP contribution in [-0.4, -0.2) is 39.8 Å². The van der Waals surface area contributed by atoms with Crippen LogP contribution >= 0.6 is 0 Å². The van der Waals surface area contributed by atoms with E-state index >= 15 is 0 Å². The summed E-state index contributed by atoms with van der Waals surface area (Å²) in [4.78, 5) is 28.0. The molecule has 1 atom stereocenters. The first-order valence-electron chi connectivity index (χ1n) is 7.51. The number of aromatic nitrogens is 3. The molecule has 0 saturated heterocycles. The van der Waals surface area contributed by atoms with Gasteiger partial charge in [0.05, 0.1) is 12.8 Å². The molecule has 23 heavy (non-hydrogen) atoms. The van der Waals surface area contributed by atoms with Gasteiger partial charge >= 0.3 is 5.97 Å². The quantitative estimate of drug-likeness (QED) is 0.844. The zero-order valence-corrected chi connectivity index (χ0v) is 13.0. The maximum atomic E-state index is 12.3. The van der Waals surface area contributed by atoms with Gasteiger partial charge in [0.25, 0.3) is 5.91 Å². The minimum absolute atomic E-state index is 0.0616. The third kappa shape index (κ3) is 3.23.